The minimum Gasteiger partial charge on any atom is -1.00 e. The van der Waals surface area contributed by atoms with E-state index in [1.807, 2.05) is 36.4 Å². The minimum absolute atomic E-state index is 0. The highest BCUT2D eigenvalue weighted by molar-refractivity contribution is 5.96. The first-order valence-electron chi connectivity index (χ1n) is 7.01. The van der Waals surface area contributed by atoms with E-state index < -0.39 is 0 Å². The molecule has 0 radical (unpaired) electrons. The predicted octanol–water partition coefficient (Wildman–Crippen LogP) is 0.540. The Morgan fingerprint density at radius 1 is 0.905 bits per heavy atom. The van der Waals surface area contributed by atoms with Crippen LogP contribution < -0.4 is 12.4 Å². The fourth-order valence-electron chi connectivity index (χ4n) is 2.33. The molecule has 0 spiro atoms. The molecule has 2 aromatic rings. The van der Waals surface area contributed by atoms with Crippen molar-refractivity contribution in [2.24, 2.45) is 0 Å². The third-order valence-corrected chi connectivity index (χ3v) is 3.49. The van der Waals surface area contributed by atoms with Gasteiger partial charge in [0, 0.05) is 11.1 Å². The van der Waals surface area contributed by atoms with Crippen LogP contribution in [0.4, 0.5) is 0 Å². The summed E-state index contributed by atoms with van der Waals surface area (Å²) in [5.41, 5.74) is 2.12. The van der Waals surface area contributed by atoms with Crippen LogP contribution in [-0.2, 0) is 6.54 Å². The van der Waals surface area contributed by atoms with Gasteiger partial charge in [0.2, 0.25) is 0 Å². The first-order chi connectivity index (χ1) is 9.57. The molecule has 0 bridgehead atoms. The lowest BCUT2D eigenvalue weighted by molar-refractivity contribution is -0.903. The van der Waals surface area contributed by atoms with E-state index in [0.717, 1.165) is 23.1 Å². The normalized spacial score (nSPS) is 10.8. The molecular weight excluding hydrogens is 282 g/mol. The Balaban J connectivity index is 0.00000220. The van der Waals surface area contributed by atoms with E-state index in [1.54, 1.807) is 0 Å². The molecular formula is C18H22ClNO. The molecule has 0 aliphatic heterocycles. The summed E-state index contributed by atoms with van der Waals surface area (Å²) in [4.78, 5) is 12.1. The molecule has 2 rings (SSSR count). The van der Waals surface area contributed by atoms with Crippen LogP contribution in [0.25, 0.3) is 0 Å². The van der Waals surface area contributed by atoms with Crippen LogP contribution in [0.15, 0.2) is 60.7 Å². The van der Waals surface area contributed by atoms with Crippen molar-refractivity contribution in [3.05, 3.63) is 71.8 Å². The van der Waals surface area contributed by atoms with Crippen molar-refractivity contribution in [3.8, 4) is 0 Å². The van der Waals surface area contributed by atoms with Crippen molar-refractivity contribution in [1.82, 2.24) is 0 Å². The zero-order valence-corrected chi connectivity index (χ0v) is 13.4. The molecule has 2 aromatic carbocycles. The Bertz CT molecular complexity index is 552. The number of ketones is 1. The quantitative estimate of drug-likeness (QED) is 0.562. The lowest BCUT2D eigenvalue weighted by Gasteiger charge is -2.29. The zero-order valence-electron chi connectivity index (χ0n) is 12.6. The second-order valence-corrected chi connectivity index (χ2v) is 5.84. The van der Waals surface area contributed by atoms with Gasteiger partial charge in [-0.1, -0.05) is 60.7 Å². The summed E-state index contributed by atoms with van der Waals surface area (Å²) in [7, 11) is 4.34. The van der Waals surface area contributed by atoms with Gasteiger partial charge in [-0.3, -0.25) is 4.79 Å². The van der Waals surface area contributed by atoms with Gasteiger partial charge in [-0.2, -0.15) is 0 Å². The van der Waals surface area contributed by atoms with E-state index in [-0.39, 0.29) is 18.2 Å². The van der Waals surface area contributed by atoms with Crippen LogP contribution in [-0.4, -0.2) is 30.9 Å². The van der Waals surface area contributed by atoms with Crippen LogP contribution in [0.3, 0.4) is 0 Å². The Kier molecular flexibility index (Phi) is 6.60. The standard InChI is InChI=1S/C18H22NO.ClH/c1-19(2,15-16-9-5-3-6-10-16)14-13-18(20)17-11-7-4-8-12-17;/h3-12H,13-15H2,1-2H3;1H/q+1;/p-1. The molecule has 0 saturated carbocycles. The topological polar surface area (TPSA) is 17.1 Å². The van der Waals surface area contributed by atoms with Crippen molar-refractivity contribution >= 4 is 5.78 Å². The molecule has 21 heavy (non-hydrogen) atoms. The average molecular weight is 304 g/mol. The molecule has 0 aliphatic carbocycles. The van der Waals surface area contributed by atoms with Crippen LogP contribution in [0.2, 0.25) is 0 Å². The van der Waals surface area contributed by atoms with Crippen molar-refractivity contribution in [2.45, 2.75) is 13.0 Å². The Hall–Kier alpha value is -1.64. The van der Waals surface area contributed by atoms with E-state index in [4.69, 9.17) is 0 Å². The molecule has 0 aromatic heterocycles. The molecule has 2 nitrogen and oxygen atoms in total. The number of Topliss-reactive ketones (excluding diaryl/α,β-unsaturated/α-hetero) is 1. The minimum atomic E-state index is 0. The SMILES string of the molecule is C[N+](C)(CCC(=O)c1ccccc1)Cc1ccccc1.[Cl-]. The average Bonchev–Trinajstić information content (AvgIpc) is 2.46. The zero-order chi connectivity index (χ0) is 14.4. The number of nitrogens with zero attached hydrogens (tertiary/aromatic N) is 1. The van der Waals surface area contributed by atoms with E-state index in [9.17, 15) is 4.79 Å². The number of carbonyl (C=O) groups excluding carboxylic acids is 1. The van der Waals surface area contributed by atoms with Gasteiger partial charge in [-0.15, -0.1) is 0 Å². The molecule has 0 unspecified atom stereocenters. The van der Waals surface area contributed by atoms with Crippen LogP contribution in [0, 0.1) is 0 Å². The number of hydrogen-bond donors (Lipinski definition) is 0. The fourth-order valence-corrected chi connectivity index (χ4v) is 2.33. The second kappa shape index (κ2) is 7.96. The third kappa shape index (κ3) is 5.70. The highest BCUT2D eigenvalue weighted by atomic mass is 35.5. The monoisotopic (exact) mass is 303 g/mol. The van der Waals surface area contributed by atoms with Crippen molar-refractivity contribution < 1.29 is 21.7 Å². The molecule has 0 amide bonds. The van der Waals surface area contributed by atoms with Gasteiger partial charge < -0.3 is 16.9 Å². The van der Waals surface area contributed by atoms with E-state index in [0.29, 0.717) is 6.42 Å². The number of quaternary nitrogens is 1. The van der Waals surface area contributed by atoms with E-state index in [2.05, 4.69) is 38.4 Å². The molecule has 0 heterocycles. The van der Waals surface area contributed by atoms with Crippen LogP contribution in [0.5, 0.6) is 0 Å². The first-order valence-corrected chi connectivity index (χ1v) is 7.01. The van der Waals surface area contributed by atoms with Gasteiger partial charge in [0.05, 0.1) is 27.1 Å². The van der Waals surface area contributed by atoms with Crippen molar-refractivity contribution in [1.29, 1.82) is 0 Å². The summed E-state index contributed by atoms with van der Waals surface area (Å²) in [5, 5.41) is 0. The lowest BCUT2D eigenvalue weighted by Crippen LogP contribution is -3.00. The summed E-state index contributed by atoms with van der Waals surface area (Å²) in [5.74, 6) is 0.227. The maximum atomic E-state index is 12.1. The lowest BCUT2D eigenvalue weighted by atomic mass is 10.1. The van der Waals surface area contributed by atoms with Gasteiger partial charge in [0.25, 0.3) is 0 Å². The first kappa shape index (κ1) is 17.4. The molecule has 0 atom stereocenters. The van der Waals surface area contributed by atoms with Crippen molar-refractivity contribution in [3.63, 3.8) is 0 Å². The smallest absolute Gasteiger partial charge is 0.168 e. The molecule has 0 fully saturated rings. The number of rotatable bonds is 6. The molecule has 0 saturated heterocycles. The summed E-state index contributed by atoms with van der Waals surface area (Å²) in [6, 6.07) is 20.0. The van der Waals surface area contributed by atoms with Crippen LogP contribution >= 0.6 is 0 Å². The number of halogens is 1. The van der Waals surface area contributed by atoms with Gasteiger partial charge in [0.1, 0.15) is 6.54 Å². The van der Waals surface area contributed by atoms with E-state index in [1.165, 1.54) is 5.56 Å². The van der Waals surface area contributed by atoms with Gasteiger partial charge in [-0.05, 0) is 0 Å². The van der Waals surface area contributed by atoms with Crippen molar-refractivity contribution in [2.75, 3.05) is 20.6 Å². The van der Waals surface area contributed by atoms with Crippen LogP contribution in [0.1, 0.15) is 22.3 Å². The summed E-state index contributed by atoms with van der Waals surface area (Å²) in [6.45, 7) is 1.80. The van der Waals surface area contributed by atoms with E-state index >= 15 is 0 Å². The highest BCUT2D eigenvalue weighted by Gasteiger charge is 2.18. The Morgan fingerprint density at radius 3 is 2.00 bits per heavy atom. The van der Waals surface area contributed by atoms with Gasteiger partial charge >= 0.3 is 0 Å². The summed E-state index contributed by atoms with van der Waals surface area (Å²) in [6.07, 6.45) is 0.587. The number of carbonyl (C=O) groups is 1. The number of hydrogen-bond acceptors (Lipinski definition) is 1. The fraction of sp³-hybridized carbons (Fsp3) is 0.278. The Labute approximate surface area is 133 Å². The maximum Gasteiger partial charge on any atom is 0.168 e. The Morgan fingerprint density at radius 2 is 1.43 bits per heavy atom. The molecule has 0 N–H and O–H groups in total. The van der Waals surface area contributed by atoms with Gasteiger partial charge in [-0.25, -0.2) is 0 Å². The summed E-state index contributed by atoms with van der Waals surface area (Å²) < 4.78 is 0.822. The largest absolute Gasteiger partial charge is 1.00 e. The highest BCUT2D eigenvalue weighted by Crippen LogP contribution is 2.11. The predicted molar refractivity (Wildman–Crippen MR) is 82.5 cm³/mol. The molecule has 0 aliphatic rings. The van der Waals surface area contributed by atoms with Gasteiger partial charge in [0.15, 0.2) is 5.78 Å². The summed E-state index contributed by atoms with van der Waals surface area (Å²) >= 11 is 0. The second-order valence-electron chi connectivity index (χ2n) is 5.84. The molecule has 112 valence electrons. The molecule has 3 heteroatoms. The third-order valence-electron chi connectivity index (χ3n) is 3.49. The maximum absolute atomic E-state index is 12.1. The number of benzene rings is 2.